The lowest BCUT2D eigenvalue weighted by Crippen LogP contribution is -2.22. The molecule has 0 heteroatoms. The molecule has 0 spiro atoms. The predicted molar refractivity (Wildman–Crippen MR) is 128 cm³/mol. The molecule has 2 aliphatic carbocycles. The lowest BCUT2D eigenvalue weighted by Gasteiger charge is -2.30. The van der Waals surface area contributed by atoms with Crippen molar-refractivity contribution in [2.75, 3.05) is 0 Å². The van der Waals surface area contributed by atoms with Crippen LogP contribution in [-0.4, -0.2) is 0 Å². The fourth-order valence-electron chi connectivity index (χ4n) is 5.36. The molecule has 2 saturated carbocycles. The van der Waals surface area contributed by atoms with E-state index in [4.69, 9.17) is 0 Å². The summed E-state index contributed by atoms with van der Waals surface area (Å²) in [5.74, 6) is 7.14. The summed E-state index contributed by atoms with van der Waals surface area (Å²) < 4.78 is 0. The Morgan fingerprint density at radius 3 is 0.500 bits per heavy atom. The van der Waals surface area contributed by atoms with E-state index >= 15 is 0 Å². The fourth-order valence-corrected chi connectivity index (χ4v) is 5.36. The Balaban J connectivity index is -0.000000161. The van der Waals surface area contributed by atoms with Crippen molar-refractivity contribution in [1.82, 2.24) is 0 Å². The highest BCUT2D eigenvalue weighted by Crippen LogP contribution is 2.54. The molecule has 164 valence electrons. The second-order valence-corrected chi connectivity index (χ2v) is 10.2. The van der Waals surface area contributed by atoms with Gasteiger partial charge in [0.15, 0.2) is 0 Å². The third kappa shape index (κ3) is 5.51. The van der Waals surface area contributed by atoms with Crippen LogP contribution in [-0.2, 0) is 0 Å². The molecule has 8 unspecified atom stereocenters. The second-order valence-electron chi connectivity index (χ2n) is 10.2. The summed E-state index contributed by atoms with van der Waals surface area (Å²) in [5.41, 5.74) is 1.11. The lowest BCUT2D eigenvalue weighted by molar-refractivity contribution is 0.193. The first kappa shape index (κ1) is 33.6. The van der Waals surface area contributed by atoms with Gasteiger partial charge in [0.2, 0.25) is 0 Å². The molecule has 2 rings (SSSR count). The third-order valence-electron chi connectivity index (χ3n) is 9.51. The zero-order chi connectivity index (χ0) is 17.6. The van der Waals surface area contributed by atoms with Gasteiger partial charge < -0.3 is 0 Å². The van der Waals surface area contributed by atoms with Crippen LogP contribution >= 0.6 is 0 Å². The van der Waals surface area contributed by atoms with E-state index in [1.165, 1.54) is 0 Å². The number of hydrogen-bond acceptors (Lipinski definition) is 0. The van der Waals surface area contributed by atoms with Crippen molar-refractivity contribution in [3.8, 4) is 0 Å². The lowest BCUT2D eigenvalue weighted by atomic mass is 9.76. The molecule has 2 fully saturated rings. The molecular weight excluding hydrogens is 312 g/mol. The van der Waals surface area contributed by atoms with Crippen molar-refractivity contribution in [2.45, 2.75) is 113 Å². The zero-order valence-corrected chi connectivity index (χ0v) is 17.6. The van der Waals surface area contributed by atoms with Crippen LogP contribution in [0, 0.1) is 58.2 Å². The molecule has 0 heterocycles. The van der Waals surface area contributed by atoms with Crippen LogP contribution in [0.25, 0.3) is 0 Å². The van der Waals surface area contributed by atoms with Crippen molar-refractivity contribution >= 4 is 0 Å². The van der Waals surface area contributed by atoms with Gasteiger partial charge in [-0.05, 0) is 58.2 Å². The van der Waals surface area contributed by atoms with Crippen LogP contribution in [0.4, 0.5) is 0 Å². The Hall–Kier alpha value is 0. The van der Waals surface area contributed by atoms with E-state index in [1.807, 2.05) is 0 Å². The Morgan fingerprint density at radius 2 is 0.462 bits per heavy atom. The Kier molecular flexibility index (Phi) is 14.3. The topological polar surface area (TPSA) is 0 Å². The number of hydrogen-bond donors (Lipinski definition) is 0. The molecular formula is C26H60. The molecule has 0 aliphatic heterocycles. The molecule has 8 atom stereocenters. The van der Waals surface area contributed by atoms with Crippen molar-refractivity contribution in [3.63, 3.8) is 0 Å². The smallest absolute Gasteiger partial charge is 0.0298 e. The highest BCUT2D eigenvalue weighted by molar-refractivity contribution is 4.96. The quantitative estimate of drug-likeness (QED) is 0.397. The molecule has 0 aromatic rings. The van der Waals surface area contributed by atoms with Crippen molar-refractivity contribution in [2.24, 2.45) is 58.2 Å². The molecule has 0 nitrogen and oxygen atoms in total. The van der Waals surface area contributed by atoms with Crippen LogP contribution in [0.2, 0.25) is 0 Å². The first-order valence-corrected chi connectivity index (χ1v) is 9.77. The van der Waals surface area contributed by atoms with Crippen LogP contribution in [0.5, 0.6) is 0 Å². The van der Waals surface area contributed by atoms with E-state index in [0.717, 1.165) is 47.3 Å². The van der Waals surface area contributed by atoms with E-state index in [-0.39, 0.29) is 29.7 Å². The largest absolute Gasteiger partial charge is 0.0776 e. The summed E-state index contributed by atoms with van der Waals surface area (Å²) >= 11 is 0. The average Bonchev–Trinajstić information content (AvgIpc) is 2.67. The predicted octanol–water partition coefficient (Wildman–Crippen LogP) is 9.69. The Morgan fingerprint density at radius 1 is 0.346 bits per heavy atom. The molecule has 0 radical (unpaired) electrons. The van der Waals surface area contributed by atoms with Gasteiger partial charge in [0.1, 0.15) is 0 Å². The second kappa shape index (κ2) is 11.1. The summed E-state index contributed by atoms with van der Waals surface area (Å²) in [4.78, 5) is 0. The van der Waals surface area contributed by atoms with Gasteiger partial charge in [-0.1, -0.05) is 113 Å². The minimum absolute atomic E-state index is 0. The van der Waals surface area contributed by atoms with Gasteiger partial charge in [0.05, 0.1) is 0 Å². The van der Waals surface area contributed by atoms with E-state index in [2.05, 4.69) is 83.1 Å². The summed E-state index contributed by atoms with van der Waals surface area (Å²) in [5, 5.41) is 0. The maximum atomic E-state index is 2.42. The number of rotatable bonds is 0. The molecule has 0 amide bonds. The summed E-state index contributed by atoms with van der Waals surface area (Å²) in [6.45, 7) is 28.9. The monoisotopic (exact) mass is 372 g/mol. The van der Waals surface area contributed by atoms with Crippen molar-refractivity contribution < 1.29 is 0 Å². The molecule has 0 bridgehead atoms. The minimum Gasteiger partial charge on any atom is -0.0776 e. The van der Waals surface area contributed by atoms with E-state index < -0.39 is 0 Å². The molecule has 0 N–H and O–H groups in total. The van der Waals surface area contributed by atoms with Crippen molar-refractivity contribution in [1.29, 1.82) is 0 Å². The maximum absolute atomic E-state index is 2.42. The molecule has 0 saturated heterocycles. The SMILES string of the molecule is C.C.C.C.CC1C(C)C(C)C(C)(C)C1C.CC1C(C)C(C)C(C)(C)C1C. The van der Waals surface area contributed by atoms with Gasteiger partial charge in [-0.2, -0.15) is 0 Å². The standard InChI is InChI=1S/2C11H22.4CH4/c2*1-7-8(2)10(4)11(5,6)9(7)3;;;;/h2*7-10H,1-6H3;4*1H4. The zero-order valence-electron chi connectivity index (χ0n) is 17.6. The maximum Gasteiger partial charge on any atom is -0.0298 e. The highest BCUT2D eigenvalue weighted by Gasteiger charge is 2.47. The van der Waals surface area contributed by atoms with Crippen LogP contribution in [0.3, 0.4) is 0 Å². The summed E-state index contributed by atoms with van der Waals surface area (Å²) in [6, 6.07) is 0. The van der Waals surface area contributed by atoms with Crippen LogP contribution < -0.4 is 0 Å². The van der Waals surface area contributed by atoms with E-state index in [9.17, 15) is 0 Å². The molecule has 0 aromatic heterocycles. The first-order valence-electron chi connectivity index (χ1n) is 9.77. The Bertz CT molecular complexity index is 296. The minimum atomic E-state index is 0. The molecule has 2 aliphatic rings. The molecule has 0 aromatic carbocycles. The highest BCUT2D eigenvalue weighted by atomic mass is 14.5. The summed E-state index contributed by atoms with van der Waals surface area (Å²) in [6.07, 6.45) is 0. The third-order valence-corrected chi connectivity index (χ3v) is 9.51. The van der Waals surface area contributed by atoms with Gasteiger partial charge in [0.25, 0.3) is 0 Å². The van der Waals surface area contributed by atoms with Gasteiger partial charge in [-0.25, -0.2) is 0 Å². The van der Waals surface area contributed by atoms with E-state index in [0.29, 0.717) is 10.8 Å². The van der Waals surface area contributed by atoms with Crippen LogP contribution in [0.1, 0.15) is 113 Å². The fraction of sp³-hybridized carbons (Fsp3) is 1.00. The first-order chi connectivity index (χ1) is 9.77. The molecule has 26 heavy (non-hydrogen) atoms. The Labute approximate surface area is 171 Å². The van der Waals surface area contributed by atoms with Gasteiger partial charge in [0, 0.05) is 0 Å². The van der Waals surface area contributed by atoms with E-state index in [1.54, 1.807) is 0 Å². The normalized spacial score (nSPS) is 42.0. The van der Waals surface area contributed by atoms with Crippen LogP contribution in [0.15, 0.2) is 0 Å². The van der Waals surface area contributed by atoms with Gasteiger partial charge in [-0.3, -0.25) is 0 Å². The van der Waals surface area contributed by atoms with Crippen molar-refractivity contribution in [3.05, 3.63) is 0 Å². The van der Waals surface area contributed by atoms with Gasteiger partial charge in [-0.15, -0.1) is 0 Å². The average molecular weight is 373 g/mol. The summed E-state index contributed by atoms with van der Waals surface area (Å²) in [7, 11) is 0. The van der Waals surface area contributed by atoms with Gasteiger partial charge >= 0.3 is 0 Å².